The van der Waals surface area contributed by atoms with E-state index in [9.17, 15) is 4.79 Å². The Labute approximate surface area is 70.1 Å². The van der Waals surface area contributed by atoms with Gasteiger partial charge in [-0.2, -0.15) is 0 Å². The van der Waals surface area contributed by atoms with Crippen molar-refractivity contribution in [3.63, 3.8) is 0 Å². The van der Waals surface area contributed by atoms with Gasteiger partial charge in [-0.3, -0.25) is 4.84 Å². The number of rotatable bonds is 2. The van der Waals surface area contributed by atoms with Crippen LogP contribution in [0.3, 0.4) is 0 Å². The minimum absolute atomic E-state index is 0.212. The van der Waals surface area contributed by atoms with Gasteiger partial charge in [-0.25, -0.2) is 10.7 Å². The van der Waals surface area contributed by atoms with Crippen molar-refractivity contribution in [3.8, 4) is 0 Å². The number of carbonyl (C=O) groups excluding carboxylic acids is 1. The molecule has 1 amide bonds. The molecular weight excluding hydrogens is 164 g/mol. The van der Waals surface area contributed by atoms with Crippen molar-refractivity contribution < 1.29 is 19.1 Å². The maximum absolute atomic E-state index is 11.1. The van der Waals surface area contributed by atoms with Crippen LogP contribution in [0.5, 0.6) is 0 Å². The van der Waals surface area contributed by atoms with E-state index >= 15 is 0 Å². The quantitative estimate of drug-likeness (QED) is 0.445. The molecule has 1 rings (SSSR count). The van der Waals surface area contributed by atoms with Crippen LogP contribution in [0, 0.1) is 0 Å². The van der Waals surface area contributed by atoms with Gasteiger partial charge in [0.05, 0.1) is 13.2 Å². The molecule has 0 aliphatic carbocycles. The number of nitrogens with two attached hydrogens (primary N) is 1. The number of morpholine rings is 1. The maximum Gasteiger partial charge on any atom is 0.412 e. The third-order valence-corrected chi connectivity index (χ3v) is 1.52. The van der Waals surface area contributed by atoms with Crippen molar-refractivity contribution in [1.29, 1.82) is 0 Å². The van der Waals surface area contributed by atoms with Crippen molar-refractivity contribution in [2.75, 3.05) is 33.1 Å². The fraction of sp³-hybridized carbons (Fsp3) is 0.833. The molecule has 6 nitrogen and oxygen atoms in total. The minimum Gasteiger partial charge on any atom is -0.421 e. The van der Waals surface area contributed by atoms with Gasteiger partial charge in [0.25, 0.3) is 0 Å². The molecule has 1 aliphatic heterocycles. The van der Waals surface area contributed by atoms with Crippen LogP contribution in [0.1, 0.15) is 0 Å². The highest BCUT2D eigenvalue weighted by atomic mass is 16.7. The lowest BCUT2D eigenvalue weighted by Crippen LogP contribution is -2.41. The van der Waals surface area contributed by atoms with Gasteiger partial charge in [0.2, 0.25) is 6.79 Å². The molecule has 0 spiro atoms. The second-order valence-electron chi connectivity index (χ2n) is 2.29. The number of hydrogen-bond acceptors (Lipinski definition) is 5. The lowest BCUT2D eigenvalue weighted by molar-refractivity contribution is -0.0402. The standard InChI is InChI=1S/C6H12N2O4/c7-12-5-11-6(9)8-1-3-10-4-2-8/h1-5,7H2. The Hall–Kier alpha value is -0.850. The van der Waals surface area contributed by atoms with Gasteiger partial charge in [0, 0.05) is 13.1 Å². The summed E-state index contributed by atoms with van der Waals surface area (Å²) < 4.78 is 9.66. The molecule has 0 bridgehead atoms. The van der Waals surface area contributed by atoms with Gasteiger partial charge in [0.1, 0.15) is 0 Å². The second kappa shape index (κ2) is 4.91. The molecule has 0 aromatic carbocycles. The van der Waals surface area contributed by atoms with Crippen molar-refractivity contribution in [2.24, 2.45) is 5.90 Å². The Balaban J connectivity index is 2.20. The molecule has 2 N–H and O–H groups in total. The molecule has 0 radical (unpaired) electrons. The van der Waals surface area contributed by atoms with Gasteiger partial charge >= 0.3 is 6.09 Å². The van der Waals surface area contributed by atoms with Crippen molar-refractivity contribution in [1.82, 2.24) is 4.90 Å². The van der Waals surface area contributed by atoms with Crippen molar-refractivity contribution in [3.05, 3.63) is 0 Å². The highest BCUT2D eigenvalue weighted by Gasteiger charge is 2.17. The van der Waals surface area contributed by atoms with Gasteiger partial charge in [0.15, 0.2) is 0 Å². The molecule has 6 heteroatoms. The largest absolute Gasteiger partial charge is 0.421 e. The molecule has 70 valence electrons. The second-order valence-corrected chi connectivity index (χ2v) is 2.29. The average molecular weight is 176 g/mol. The summed E-state index contributed by atoms with van der Waals surface area (Å²) in [6.07, 6.45) is -0.413. The molecule has 0 saturated carbocycles. The smallest absolute Gasteiger partial charge is 0.412 e. The fourth-order valence-electron chi connectivity index (χ4n) is 0.922. The first-order chi connectivity index (χ1) is 5.84. The predicted octanol–water partition coefficient (Wildman–Crippen LogP) is -0.697. The highest BCUT2D eigenvalue weighted by molar-refractivity contribution is 5.67. The topological polar surface area (TPSA) is 74.0 Å². The van der Waals surface area contributed by atoms with E-state index in [2.05, 4.69) is 15.5 Å². The van der Waals surface area contributed by atoms with E-state index in [1.165, 1.54) is 0 Å². The molecule has 0 aromatic rings. The first kappa shape index (κ1) is 9.24. The van der Waals surface area contributed by atoms with E-state index < -0.39 is 6.09 Å². The zero-order chi connectivity index (χ0) is 8.81. The number of amides is 1. The Morgan fingerprint density at radius 2 is 2.17 bits per heavy atom. The molecule has 1 aliphatic rings. The van der Waals surface area contributed by atoms with Gasteiger partial charge < -0.3 is 14.4 Å². The number of ether oxygens (including phenoxy) is 2. The summed E-state index contributed by atoms with van der Waals surface area (Å²) in [6.45, 7) is 2.01. The Bertz CT molecular complexity index is 146. The summed E-state index contributed by atoms with van der Waals surface area (Å²) in [5.74, 6) is 4.69. The first-order valence-corrected chi connectivity index (χ1v) is 3.65. The van der Waals surface area contributed by atoms with Crippen LogP contribution in [-0.2, 0) is 14.3 Å². The van der Waals surface area contributed by atoms with Crippen LogP contribution in [0.25, 0.3) is 0 Å². The normalized spacial score (nSPS) is 17.6. The predicted molar refractivity (Wildman–Crippen MR) is 39.0 cm³/mol. The maximum atomic E-state index is 11.1. The SMILES string of the molecule is NOCOC(=O)N1CCOCC1. The zero-order valence-electron chi connectivity index (χ0n) is 6.69. The van der Waals surface area contributed by atoms with Crippen LogP contribution < -0.4 is 5.90 Å². The summed E-state index contributed by atoms with van der Waals surface area (Å²) in [5.41, 5.74) is 0. The Morgan fingerprint density at radius 3 is 2.75 bits per heavy atom. The van der Waals surface area contributed by atoms with E-state index in [0.29, 0.717) is 26.3 Å². The highest BCUT2D eigenvalue weighted by Crippen LogP contribution is 1.99. The lowest BCUT2D eigenvalue weighted by atomic mass is 10.5. The molecular formula is C6H12N2O4. The molecule has 12 heavy (non-hydrogen) atoms. The Kier molecular flexibility index (Phi) is 3.78. The number of carbonyl (C=O) groups is 1. The summed E-state index contributed by atoms with van der Waals surface area (Å²) in [7, 11) is 0. The van der Waals surface area contributed by atoms with E-state index in [4.69, 9.17) is 4.74 Å². The molecule has 1 heterocycles. The van der Waals surface area contributed by atoms with Crippen LogP contribution in [0.4, 0.5) is 4.79 Å². The van der Waals surface area contributed by atoms with Crippen LogP contribution in [0.2, 0.25) is 0 Å². The van der Waals surface area contributed by atoms with Gasteiger partial charge in [-0.1, -0.05) is 0 Å². The van der Waals surface area contributed by atoms with Crippen LogP contribution >= 0.6 is 0 Å². The van der Waals surface area contributed by atoms with Gasteiger partial charge in [-0.05, 0) is 0 Å². The molecule has 1 fully saturated rings. The number of hydrogen-bond donors (Lipinski definition) is 1. The summed E-state index contributed by atoms with van der Waals surface area (Å²) >= 11 is 0. The molecule has 1 saturated heterocycles. The lowest BCUT2D eigenvalue weighted by Gasteiger charge is -2.25. The third kappa shape index (κ3) is 2.65. The first-order valence-electron chi connectivity index (χ1n) is 3.65. The van der Waals surface area contributed by atoms with E-state index in [1.54, 1.807) is 4.90 Å². The van der Waals surface area contributed by atoms with Gasteiger partial charge in [-0.15, -0.1) is 0 Å². The van der Waals surface area contributed by atoms with Crippen molar-refractivity contribution >= 4 is 6.09 Å². The third-order valence-electron chi connectivity index (χ3n) is 1.52. The molecule has 0 aromatic heterocycles. The van der Waals surface area contributed by atoms with E-state index in [1.807, 2.05) is 0 Å². The molecule has 0 unspecified atom stereocenters. The summed E-state index contributed by atoms with van der Waals surface area (Å²) in [4.78, 5) is 16.7. The molecule has 0 atom stereocenters. The van der Waals surface area contributed by atoms with E-state index in [-0.39, 0.29) is 6.79 Å². The summed E-state index contributed by atoms with van der Waals surface area (Å²) in [5, 5.41) is 0. The fourth-order valence-corrected chi connectivity index (χ4v) is 0.922. The minimum atomic E-state index is -0.413. The van der Waals surface area contributed by atoms with E-state index in [0.717, 1.165) is 0 Å². The van der Waals surface area contributed by atoms with Crippen LogP contribution in [-0.4, -0.2) is 44.1 Å². The number of nitrogens with zero attached hydrogens (tertiary/aromatic N) is 1. The monoisotopic (exact) mass is 176 g/mol. The Morgan fingerprint density at radius 1 is 1.50 bits per heavy atom. The van der Waals surface area contributed by atoms with Crippen LogP contribution in [0.15, 0.2) is 0 Å². The summed E-state index contributed by atoms with van der Waals surface area (Å²) in [6, 6.07) is 0. The van der Waals surface area contributed by atoms with Crippen molar-refractivity contribution in [2.45, 2.75) is 0 Å². The zero-order valence-corrected chi connectivity index (χ0v) is 6.69. The average Bonchev–Trinajstić information content (AvgIpc) is 2.15.